The highest BCUT2D eigenvalue weighted by Gasteiger charge is 2.49. The predicted octanol–water partition coefficient (Wildman–Crippen LogP) is 2.48. The number of hydrazone groups is 1. The van der Waals surface area contributed by atoms with E-state index in [0.717, 1.165) is 5.01 Å². The lowest BCUT2D eigenvalue weighted by atomic mass is 9.92. The van der Waals surface area contributed by atoms with E-state index in [1.165, 1.54) is 43.6 Å². The number of alkyl halides is 2. The number of imide groups is 1. The maximum absolute atomic E-state index is 12.7. The monoisotopic (exact) mass is 360 g/mol. The van der Waals surface area contributed by atoms with Gasteiger partial charge in [0.2, 0.25) is 0 Å². The van der Waals surface area contributed by atoms with Crippen LogP contribution in [0, 0.1) is 0 Å². The zero-order chi connectivity index (χ0) is 18.7. The van der Waals surface area contributed by atoms with Gasteiger partial charge in [-0.25, -0.2) is 4.79 Å². The Labute approximate surface area is 147 Å². The summed E-state index contributed by atoms with van der Waals surface area (Å²) >= 11 is 0. The summed E-state index contributed by atoms with van der Waals surface area (Å²) in [4.78, 5) is 28.7. The molecule has 9 heteroatoms. The number of pyridine rings is 1. The summed E-state index contributed by atoms with van der Waals surface area (Å²) in [6, 6.07) is 8.19. The Hall–Kier alpha value is -3.36. The van der Waals surface area contributed by atoms with Gasteiger partial charge in [0.25, 0.3) is 5.91 Å². The predicted molar refractivity (Wildman–Crippen MR) is 87.6 cm³/mol. The largest absolute Gasteiger partial charge is 0.435 e. The standard InChI is InChI=1S/C17H14F2N4O3/c1-17(12-4-6-13(7-5-12)26-15(18)19)14(24)23(16(25)22-17)21-10-11-3-2-8-20-9-11/h2-10,15H,1H3,(H,22,25)/t17-/m1/s1. The number of hydrogen-bond acceptors (Lipinski definition) is 5. The maximum atomic E-state index is 12.7. The number of ether oxygens (including phenoxy) is 1. The number of nitrogens with one attached hydrogen (secondary N) is 1. The Morgan fingerprint density at radius 3 is 2.62 bits per heavy atom. The van der Waals surface area contributed by atoms with E-state index in [1.54, 1.807) is 18.3 Å². The molecule has 1 fully saturated rings. The van der Waals surface area contributed by atoms with Crippen LogP contribution in [0.1, 0.15) is 18.1 Å². The second kappa shape index (κ2) is 6.87. The second-order valence-electron chi connectivity index (χ2n) is 5.61. The van der Waals surface area contributed by atoms with Gasteiger partial charge in [-0.1, -0.05) is 18.2 Å². The zero-order valence-electron chi connectivity index (χ0n) is 13.6. The number of aromatic nitrogens is 1. The van der Waals surface area contributed by atoms with Gasteiger partial charge < -0.3 is 10.1 Å². The first kappa shape index (κ1) is 17.5. The van der Waals surface area contributed by atoms with Gasteiger partial charge in [-0.15, -0.1) is 5.01 Å². The minimum atomic E-state index is -2.94. The summed E-state index contributed by atoms with van der Waals surface area (Å²) in [5.74, 6) is -0.638. The molecule has 1 aromatic heterocycles. The Morgan fingerprint density at radius 2 is 2.00 bits per heavy atom. The molecule has 0 aliphatic carbocycles. The van der Waals surface area contributed by atoms with Crippen LogP contribution in [0.15, 0.2) is 53.9 Å². The van der Waals surface area contributed by atoms with Gasteiger partial charge in [-0.2, -0.15) is 13.9 Å². The fraction of sp³-hybridized carbons (Fsp3) is 0.176. The highest BCUT2D eigenvalue weighted by molar-refractivity contribution is 6.07. The van der Waals surface area contributed by atoms with Crippen molar-refractivity contribution in [3.05, 3.63) is 59.9 Å². The van der Waals surface area contributed by atoms with Crippen molar-refractivity contribution < 1.29 is 23.1 Å². The first-order valence-corrected chi connectivity index (χ1v) is 7.56. The highest BCUT2D eigenvalue weighted by Crippen LogP contribution is 2.30. The topological polar surface area (TPSA) is 83.9 Å². The molecule has 0 unspecified atom stereocenters. The molecule has 1 aliphatic heterocycles. The van der Waals surface area contributed by atoms with Crippen LogP contribution in [0.2, 0.25) is 0 Å². The van der Waals surface area contributed by atoms with Gasteiger partial charge in [0.05, 0.1) is 6.21 Å². The lowest BCUT2D eigenvalue weighted by Gasteiger charge is -2.21. The third kappa shape index (κ3) is 3.37. The van der Waals surface area contributed by atoms with Gasteiger partial charge >= 0.3 is 12.6 Å². The van der Waals surface area contributed by atoms with E-state index in [0.29, 0.717) is 11.1 Å². The molecule has 0 saturated carbocycles. The van der Waals surface area contributed by atoms with Crippen molar-refractivity contribution in [2.24, 2.45) is 5.10 Å². The van der Waals surface area contributed by atoms with E-state index < -0.39 is 24.1 Å². The Bertz CT molecular complexity index is 843. The van der Waals surface area contributed by atoms with E-state index in [9.17, 15) is 18.4 Å². The number of rotatable bonds is 5. The molecule has 2 heterocycles. The minimum Gasteiger partial charge on any atom is -0.435 e. The molecule has 1 saturated heterocycles. The number of carbonyl (C=O) groups excluding carboxylic acids is 2. The number of urea groups is 1. The average Bonchev–Trinajstić information content (AvgIpc) is 2.84. The van der Waals surface area contributed by atoms with E-state index in [2.05, 4.69) is 20.1 Å². The van der Waals surface area contributed by atoms with Crippen LogP contribution in [0.4, 0.5) is 13.6 Å². The number of benzene rings is 1. The van der Waals surface area contributed by atoms with Crippen LogP contribution < -0.4 is 10.1 Å². The molecule has 1 N–H and O–H groups in total. The molecular weight excluding hydrogens is 346 g/mol. The van der Waals surface area contributed by atoms with Crippen molar-refractivity contribution in [1.29, 1.82) is 0 Å². The number of hydrogen-bond donors (Lipinski definition) is 1. The van der Waals surface area contributed by atoms with Gasteiger partial charge in [0.1, 0.15) is 11.3 Å². The van der Waals surface area contributed by atoms with Crippen LogP contribution in [0.3, 0.4) is 0 Å². The van der Waals surface area contributed by atoms with Crippen LogP contribution in [-0.4, -0.2) is 34.8 Å². The van der Waals surface area contributed by atoms with Gasteiger partial charge in [-0.05, 0) is 30.7 Å². The van der Waals surface area contributed by atoms with E-state index in [4.69, 9.17) is 0 Å². The van der Waals surface area contributed by atoms with E-state index in [-0.39, 0.29) is 5.75 Å². The molecule has 0 radical (unpaired) electrons. The summed E-state index contributed by atoms with van der Waals surface area (Å²) in [5.41, 5.74) is -0.334. The molecule has 26 heavy (non-hydrogen) atoms. The molecule has 3 rings (SSSR count). The summed E-state index contributed by atoms with van der Waals surface area (Å²) in [6.07, 6.45) is 4.46. The molecule has 1 aromatic carbocycles. The number of halogens is 2. The first-order valence-electron chi connectivity index (χ1n) is 7.56. The van der Waals surface area contributed by atoms with Gasteiger partial charge in [0, 0.05) is 18.0 Å². The Balaban J connectivity index is 1.81. The third-order valence-corrected chi connectivity index (χ3v) is 3.83. The van der Waals surface area contributed by atoms with Crippen molar-refractivity contribution in [2.75, 3.05) is 0 Å². The molecule has 1 atom stereocenters. The maximum Gasteiger partial charge on any atom is 0.387 e. The normalized spacial score (nSPS) is 20.1. The molecule has 134 valence electrons. The van der Waals surface area contributed by atoms with Gasteiger partial charge in [-0.3, -0.25) is 9.78 Å². The molecule has 1 aliphatic rings. The van der Waals surface area contributed by atoms with Crippen LogP contribution in [0.5, 0.6) is 5.75 Å². The third-order valence-electron chi connectivity index (χ3n) is 3.83. The van der Waals surface area contributed by atoms with Crippen molar-refractivity contribution in [1.82, 2.24) is 15.3 Å². The number of amides is 3. The van der Waals surface area contributed by atoms with Crippen molar-refractivity contribution in [3.63, 3.8) is 0 Å². The van der Waals surface area contributed by atoms with Crippen LogP contribution >= 0.6 is 0 Å². The second-order valence-corrected chi connectivity index (χ2v) is 5.61. The Morgan fingerprint density at radius 1 is 1.27 bits per heavy atom. The van der Waals surface area contributed by atoms with Crippen molar-refractivity contribution in [3.8, 4) is 5.75 Å². The van der Waals surface area contributed by atoms with Crippen LogP contribution in [0.25, 0.3) is 0 Å². The van der Waals surface area contributed by atoms with Crippen molar-refractivity contribution >= 4 is 18.2 Å². The molecular formula is C17H14F2N4O3. The summed E-state index contributed by atoms with van der Waals surface area (Å²) in [5, 5.41) is 7.20. The number of carbonyl (C=O) groups is 2. The van der Waals surface area contributed by atoms with E-state index >= 15 is 0 Å². The van der Waals surface area contributed by atoms with E-state index in [1.807, 2.05) is 0 Å². The quantitative estimate of drug-likeness (QED) is 0.656. The summed E-state index contributed by atoms with van der Waals surface area (Å²) in [7, 11) is 0. The fourth-order valence-corrected chi connectivity index (χ4v) is 2.47. The molecule has 0 spiro atoms. The van der Waals surface area contributed by atoms with Gasteiger partial charge in [0.15, 0.2) is 0 Å². The lowest BCUT2D eigenvalue weighted by Crippen LogP contribution is -2.40. The highest BCUT2D eigenvalue weighted by atomic mass is 19.3. The fourth-order valence-electron chi connectivity index (χ4n) is 2.47. The first-order chi connectivity index (χ1) is 12.4. The zero-order valence-corrected chi connectivity index (χ0v) is 13.6. The lowest BCUT2D eigenvalue weighted by molar-refractivity contribution is -0.131. The minimum absolute atomic E-state index is 0.0458. The smallest absolute Gasteiger partial charge is 0.387 e. The average molecular weight is 360 g/mol. The molecule has 2 aromatic rings. The molecule has 0 bridgehead atoms. The number of nitrogens with zero attached hydrogens (tertiary/aromatic N) is 3. The SMILES string of the molecule is C[C@]1(c2ccc(OC(F)F)cc2)NC(=O)N(N=Cc2cccnc2)C1=O. The molecule has 3 amide bonds. The Kier molecular flexibility index (Phi) is 4.61. The van der Waals surface area contributed by atoms with Crippen LogP contribution in [-0.2, 0) is 10.3 Å². The summed E-state index contributed by atoms with van der Waals surface area (Å²) < 4.78 is 28.7. The molecule has 7 nitrogen and oxygen atoms in total. The van der Waals surface area contributed by atoms with Crippen molar-refractivity contribution in [2.45, 2.75) is 19.1 Å². The summed E-state index contributed by atoms with van der Waals surface area (Å²) in [6.45, 7) is -1.43.